The SMILES string of the molecule is CCOC(=O)c1c(C#C[Si](C(C)C)(C(C)C)C(C)C)nc(Cl)c(F)c1N. The van der Waals surface area contributed by atoms with Crippen LogP contribution in [-0.4, -0.2) is 25.6 Å². The van der Waals surface area contributed by atoms with E-state index in [2.05, 4.69) is 58.0 Å². The number of aromatic nitrogens is 1. The van der Waals surface area contributed by atoms with Crippen LogP contribution in [0.5, 0.6) is 0 Å². The van der Waals surface area contributed by atoms with Gasteiger partial charge in [0.2, 0.25) is 0 Å². The fourth-order valence-electron chi connectivity index (χ4n) is 3.65. The van der Waals surface area contributed by atoms with Crippen LogP contribution < -0.4 is 5.73 Å². The van der Waals surface area contributed by atoms with E-state index in [1.54, 1.807) is 6.92 Å². The summed E-state index contributed by atoms with van der Waals surface area (Å²) in [6.45, 7) is 14.8. The highest BCUT2D eigenvalue weighted by atomic mass is 35.5. The third-order valence-corrected chi connectivity index (χ3v) is 11.4. The summed E-state index contributed by atoms with van der Waals surface area (Å²) in [6.07, 6.45) is 0. The van der Waals surface area contributed by atoms with Crippen LogP contribution >= 0.6 is 11.6 Å². The molecule has 1 aromatic rings. The minimum atomic E-state index is -2.07. The van der Waals surface area contributed by atoms with Crippen LogP contribution in [0, 0.1) is 17.3 Å². The Labute approximate surface area is 161 Å². The minimum absolute atomic E-state index is 0.0752. The molecule has 26 heavy (non-hydrogen) atoms. The lowest BCUT2D eigenvalue weighted by atomic mass is 10.1. The lowest BCUT2D eigenvalue weighted by molar-refractivity contribution is 0.0526. The summed E-state index contributed by atoms with van der Waals surface area (Å²) in [4.78, 5) is 16.2. The maximum Gasteiger partial charge on any atom is 0.343 e. The molecular weight excluding hydrogens is 371 g/mol. The van der Waals surface area contributed by atoms with Crippen molar-refractivity contribution in [3.8, 4) is 11.5 Å². The Kier molecular flexibility index (Phi) is 7.66. The van der Waals surface area contributed by atoms with Crippen LogP contribution in [0.4, 0.5) is 10.1 Å². The summed E-state index contributed by atoms with van der Waals surface area (Å²) < 4.78 is 19.1. The highest BCUT2D eigenvalue weighted by molar-refractivity contribution is 6.90. The maximum atomic E-state index is 14.1. The molecule has 0 aliphatic rings. The molecule has 0 unspecified atom stereocenters. The van der Waals surface area contributed by atoms with E-state index in [1.807, 2.05) is 0 Å². The number of ether oxygens (including phenoxy) is 1. The molecule has 4 nitrogen and oxygen atoms in total. The van der Waals surface area contributed by atoms with Gasteiger partial charge in [0.05, 0.1) is 12.3 Å². The highest BCUT2D eigenvalue weighted by Gasteiger charge is 2.41. The summed E-state index contributed by atoms with van der Waals surface area (Å²) in [7, 11) is -2.07. The summed E-state index contributed by atoms with van der Waals surface area (Å²) in [5.41, 5.74) is 9.96. The molecule has 0 saturated carbocycles. The van der Waals surface area contributed by atoms with Crippen LogP contribution in [0.1, 0.15) is 64.5 Å². The molecule has 1 aromatic heterocycles. The second-order valence-corrected chi connectivity index (χ2v) is 13.2. The molecule has 0 bridgehead atoms. The van der Waals surface area contributed by atoms with Crippen molar-refractivity contribution in [2.45, 2.75) is 65.1 Å². The van der Waals surface area contributed by atoms with Crippen LogP contribution in [0.3, 0.4) is 0 Å². The average molecular weight is 399 g/mol. The monoisotopic (exact) mass is 398 g/mol. The van der Waals surface area contributed by atoms with Gasteiger partial charge >= 0.3 is 5.97 Å². The van der Waals surface area contributed by atoms with Gasteiger partial charge in [0.25, 0.3) is 0 Å². The lowest BCUT2D eigenvalue weighted by Crippen LogP contribution is -2.43. The van der Waals surface area contributed by atoms with Crippen molar-refractivity contribution < 1.29 is 13.9 Å². The topological polar surface area (TPSA) is 65.2 Å². The van der Waals surface area contributed by atoms with Crippen molar-refractivity contribution in [2.75, 3.05) is 12.3 Å². The number of pyridine rings is 1. The summed E-state index contributed by atoms with van der Waals surface area (Å²) in [5, 5.41) is -0.397. The van der Waals surface area contributed by atoms with E-state index in [1.165, 1.54) is 0 Å². The zero-order chi connectivity index (χ0) is 20.2. The summed E-state index contributed by atoms with van der Waals surface area (Å²) in [6, 6.07) is 0. The first-order valence-corrected chi connectivity index (χ1v) is 11.5. The molecule has 0 saturated heterocycles. The first-order valence-electron chi connectivity index (χ1n) is 8.85. The van der Waals surface area contributed by atoms with Gasteiger partial charge in [-0.15, -0.1) is 5.54 Å². The molecule has 0 atom stereocenters. The Balaban J connectivity index is 3.68. The zero-order valence-electron chi connectivity index (χ0n) is 16.5. The second-order valence-electron chi connectivity index (χ2n) is 7.22. The van der Waals surface area contributed by atoms with Gasteiger partial charge in [-0.1, -0.05) is 59.1 Å². The van der Waals surface area contributed by atoms with Gasteiger partial charge in [-0.3, -0.25) is 0 Å². The Morgan fingerprint density at radius 3 is 2.15 bits per heavy atom. The Morgan fingerprint density at radius 1 is 1.23 bits per heavy atom. The van der Waals surface area contributed by atoms with Crippen LogP contribution in [-0.2, 0) is 4.74 Å². The number of esters is 1. The van der Waals surface area contributed by atoms with Gasteiger partial charge in [0.1, 0.15) is 19.3 Å². The van der Waals surface area contributed by atoms with Gasteiger partial charge in [-0.25, -0.2) is 14.2 Å². The van der Waals surface area contributed by atoms with Crippen LogP contribution in [0.2, 0.25) is 21.8 Å². The number of carbonyl (C=O) groups excluding carboxylic acids is 1. The first-order chi connectivity index (χ1) is 12.0. The minimum Gasteiger partial charge on any atom is -0.462 e. The fourth-order valence-corrected chi connectivity index (χ4v) is 9.04. The van der Waals surface area contributed by atoms with Crippen LogP contribution in [0.15, 0.2) is 0 Å². The molecule has 1 rings (SSSR count). The number of anilines is 1. The Bertz CT molecular complexity index is 718. The molecular formula is C19H28ClFN2O2Si. The van der Waals surface area contributed by atoms with E-state index in [4.69, 9.17) is 22.1 Å². The number of nitrogens with zero attached hydrogens (tertiary/aromatic N) is 1. The van der Waals surface area contributed by atoms with Gasteiger partial charge < -0.3 is 10.5 Å². The van der Waals surface area contributed by atoms with Gasteiger partial charge in [-0.2, -0.15) is 0 Å². The molecule has 0 amide bonds. The van der Waals surface area contributed by atoms with E-state index >= 15 is 0 Å². The Morgan fingerprint density at radius 2 is 1.73 bits per heavy atom. The Hall–Kier alpha value is -1.58. The van der Waals surface area contributed by atoms with Crippen molar-refractivity contribution in [1.29, 1.82) is 0 Å². The van der Waals surface area contributed by atoms with E-state index in [0.29, 0.717) is 16.6 Å². The number of rotatable bonds is 5. The highest BCUT2D eigenvalue weighted by Crippen LogP contribution is 2.41. The molecule has 0 spiro atoms. The summed E-state index contributed by atoms with van der Waals surface area (Å²) in [5.74, 6) is 1.34. The third-order valence-electron chi connectivity index (χ3n) is 4.88. The average Bonchev–Trinajstić information content (AvgIpc) is 2.52. The van der Waals surface area contributed by atoms with Gasteiger partial charge in [-0.05, 0) is 23.5 Å². The van der Waals surface area contributed by atoms with Crippen molar-refractivity contribution in [3.63, 3.8) is 0 Å². The molecule has 144 valence electrons. The van der Waals surface area contributed by atoms with Crippen molar-refractivity contribution in [1.82, 2.24) is 4.98 Å². The van der Waals surface area contributed by atoms with Crippen molar-refractivity contribution in [3.05, 3.63) is 22.2 Å². The fraction of sp³-hybridized carbons (Fsp3) is 0.579. The van der Waals surface area contributed by atoms with E-state index in [-0.39, 0.29) is 23.6 Å². The predicted molar refractivity (Wildman–Crippen MR) is 107 cm³/mol. The van der Waals surface area contributed by atoms with Gasteiger partial charge in [0.15, 0.2) is 11.0 Å². The van der Waals surface area contributed by atoms with Crippen LogP contribution in [0.25, 0.3) is 0 Å². The largest absolute Gasteiger partial charge is 0.462 e. The smallest absolute Gasteiger partial charge is 0.343 e. The normalized spacial score (nSPS) is 11.7. The quantitative estimate of drug-likeness (QED) is 0.320. The molecule has 0 aliphatic heterocycles. The molecule has 0 aliphatic carbocycles. The molecule has 0 radical (unpaired) electrons. The number of hydrogen-bond donors (Lipinski definition) is 1. The maximum absolute atomic E-state index is 14.1. The molecule has 0 aromatic carbocycles. The number of nitrogens with two attached hydrogens (primary N) is 1. The lowest BCUT2D eigenvalue weighted by Gasteiger charge is -2.38. The summed E-state index contributed by atoms with van der Waals surface area (Å²) >= 11 is 5.84. The molecule has 1 heterocycles. The predicted octanol–water partition coefficient (Wildman–Crippen LogP) is 5.20. The first kappa shape index (κ1) is 22.5. The van der Waals surface area contributed by atoms with Crippen molar-refractivity contribution in [2.24, 2.45) is 0 Å². The second kappa shape index (κ2) is 8.87. The zero-order valence-corrected chi connectivity index (χ0v) is 18.3. The van der Waals surface area contributed by atoms with Gasteiger partial charge in [0, 0.05) is 0 Å². The van der Waals surface area contributed by atoms with E-state index in [0.717, 1.165) is 0 Å². The number of hydrogen-bond acceptors (Lipinski definition) is 4. The van der Waals surface area contributed by atoms with E-state index in [9.17, 15) is 9.18 Å². The third kappa shape index (κ3) is 4.21. The molecule has 0 fully saturated rings. The number of nitrogen functional groups attached to an aromatic ring is 1. The van der Waals surface area contributed by atoms with Crippen molar-refractivity contribution >= 4 is 31.3 Å². The number of halogens is 2. The van der Waals surface area contributed by atoms with E-state index < -0.39 is 25.0 Å². The number of carbonyl (C=O) groups is 1. The molecule has 7 heteroatoms. The molecule has 2 N–H and O–H groups in total. The standard InChI is InChI=1S/C19H28ClFN2O2Si/c1-8-25-19(24)15-14(23-18(20)16(21)17(15)22)9-10-26(11(2)3,12(4)5)13(6)7/h11-13H,8H2,1-7H3,(H2,22,23).